The first-order valence-electron chi connectivity index (χ1n) is 6.59. The highest BCUT2D eigenvalue weighted by Gasteiger charge is 2.29. The quantitative estimate of drug-likeness (QED) is 0.707. The molecule has 0 aliphatic heterocycles. The second kappa shape index (κ2) is 5.29. The molecule has 0 fully saturated rings. The largest absolute Gasteiger partial charge is 0.487 e. The molecule has 3 N–H and O–H groups in total. The van der Waals surface area contributed by atoms with Crippen LogP contribution in [0.2, 0.25) is 0 Å². The molecule has 3 aromatic rings. The van der Waals surface area contributed by atoms with Crippen molar-refractivity contribution in [3.05, 3.63) is 59.8 Å². The molecule has 3 nitrogen and oxygen atoms in total. The molecule has 3 rings (SSSR count). The first-order valence-corrected chi connectivity index (χ1v) is 6.59. The summed E-state index contributed by atoms with van der Waals surface area (Å²) in [5.41, 5.74) is 7.53. The van der Waals surface area contributed by atoms with E-state index < -0.39 is 11.7 Å². The van der Waals surface area contributed by atoms with Crippen molar-refractivity contribution >= 4 is 16.6 Å². The maximum Gasteiger partial charge on any atom is 0.416 e. The number of benzene rings is 2. The van der Waals surface area contributed by atoms with Gasteiger partial charge >= 0.3 is 6.18 Å². The number of alkyl halides is 3. The van der Waals surface area contributed by atoms with Crippen molar-refractivity contribution in [2.75, 3.05) is 5.73 Å². The van der Waals surface area contributed by atoms with Gasteiger partial charge in [0.1, 0.15) is 12.4 Å². The second-order valence-electron chi connectivity index (χ2n) is 4.91. The number of aromatic amines is 1. The molecule has 0 aliphatic carbocycles. The van der Waals surface area contributed by atoms with Crippen molar-refractivity contribution < 1.29 is 17.9 Å². The van der Waals surface area contributed by atoms with E-state index in [4.69, 9.17) is 10.5 Å². The summed E-state index contributed by atoms with van der Waals surface area (Å²) in [7, 11) is 0. The number of anilines is 1. The monoisotopic (exact) mass is 306 g/mol. The molecule has 6 heteroatoms. The molecule has 0 bridgehead atoms. The van der Waals surface area contributed by atoms with E-state index in [1.807, 2.05) is 18.2 Å². The lowest BCUT2D eigenvalue weighted by Crippen LogP contribution is -2.04. The molecular formula is C16H13F3N2O. The van der Waals surface area contributed by atoms with Crippen LogP contribution in [-0.4, -0.2) is 4.98 Å². The molecule has 0 amide bonds. The molecule has 0 aliphatic rings. The third-order valence-corrected chi connectivity index (χ3v) is 3.33. The van der Waals surface area contributed by atoms with Crippen LogP contribution in [0.1, 0.15) is 11.3 Å². The van der Waals surface area contributed by atoms with Crippen molar-refractivity contribution in [2.45, 2.75) is 12.8 Å². The molecule has 0 spiro atoms. The lowest BCUT2D eigenvalue weighted by Gasteiger charge is -2.08. The van der Waals surface area contributed by atoms with Crippen molar-refractivity contribution in [3.63, 3.8) is 0 Å². The molecule has 0 saturated heterocycles. The van der Waals surface area contributed by atoms with Crippen LogP contribution in [0, 0.1) is 0 Å². The van der Waals surface area contributed by atoms with Crippen molar-refractivity contribution in [1.29, 1.82) is 0 Å². The summed E-state index contributed by atoms with van der Waals surface area (Å²) in [5.74, 6) is 0.375. The van der Waals surface area contributed by atoms with E-state index >= 15 is 0 Å². The number of nitrogens with two attached hydrogens (primary N) is 1. The van der Waals surface area contributed by atoms with Gasteiger partial charge in [0, 0.05) is 16.6 Å². The van der Waals surface area contributed by atoms with E-state index in [0.717, 1.165) is 28.7 Å². The predicted octanol–water partition coefficient (Wildman–Crippen LogP) is 4.35. The van der Waals surface area contributed by atoms with Crippen LogP contribution in [0.5, 0.6) is 5.75 Å². The molecule has 2 aromatic carbocycles. The Hall–Kier alpha value is -2.63. The van der Waals surface area contributed by atoms with E-state index in [1.54, 1.807) is 6.07 Å². The number of ether oxygens (including phenoxy) is 1. The second-order valence-corrected chi connectivity index (χ2v) is 4.91. The van der Waals surface area contributed by atoms with Crippen LogP contribution >= 0.6 is 0 Å². The lowest BCUT2D eigenvalue weighted by atomic mass is 10.2. The average Bonchev–Trinajstić information content (AvgIpc) is 2.89. The Morgan fingerprint density at radius 2 is 1.77 bits per heavy atom. The molecule has 0 radical (unpaired) electrons. The first-order chi connectivity index (χ1) is 10.4. The number of nitrogens with one attached hydrogen (secondary N) is 1. The minimum Gasteiger partial charge on any atom is -0.487 e. The van der Waals surface area contributed by atoms with Gasteiger partial charge in [-0.3, -0.25) is 0 Å². The fourth-order valence-electron chi connectivity index (χ4n) is 2.22. The first kappa shape index (κ1) is 14.3. The van der Waals surface area contributed by atoms with Gasteiger partial charge in [0.05, 0.1) is 11.3 Å². The minimum atomic E-state index is -4.34. The third kappa shape index (κ3) is 2.86. The number of halogens is 3. The van der Waals surface area contributed by atoms with Gasteiger partial charge in [-0.05, 0) is 42.5 Å². The summed E-state index contributed by atoms with van der Waals surface area (Å²) < 4.78 is 42.9. The van der Waals surface area contributed by atoms with Gasteiger partial charge in [-0.25, -0.2) is 0 Å². The number of fused-ring (bicyclic) bond motifs is 1. The highest BCUT2D eigenvalue weighted by Crippen LogP contribution is 2.30. The van der Waals surface area contributed by atoms with Gasteiger partial charge in [0.25, 0.3) is 0 Å². The van der Waals surface area contributed by atoms with Gasteiger partial charge in [-0.2, -0.15) is 13.2 Å². The standard InChI is InChI=1S/C16H13F3N2O/c17-16(18,19)10-4-6-12(7-5-10)22-9-11-8-13-14(20)2-1-3-15(13)21-11/h1-8,21H,9,20H2. The number of hydrogen-bond donors (Lipinski definition) is 2. The van der Waals surface area contributed by atoms with Crippen LogP contribution < -0.4 is 10.5 Å². The summed E-state index contributed by atoms with van der Waals surface area (Å²) in [5, 5.41) is 0.897. The van der Waals surface area contributed by atoms with E-state index in [-0.39, 0.29) is 6.61 Å². The Morgan fingerprint density at radius 3 is 2.41 bits per heavy atom. The maximum atomic E-state index is 12.5. The fraction of sp³-hybridized carbons (Fsp3) is 0.125. The molecule has 0 unspecified atom stereocenters. The molecule has 1 heterocycles. The van der Waals surface area contributed by atoms with Crippen LogP contribution in [0.15, 0.2) is 48.5 Å². The molecule has 0 saturated carbocycles. The summed E-state index contributed by atoms with van der Waals surface area (Å²) in [4.78, 5) is 3.16. The topological polar surface area (TPSA) is 51.0 Å². The van der Waals surface area contributed by atoms with Gasteiger partial charge in [0.2, 0.25) is 0 Å². The maximum absolute atomic E-state index is 12.5. The zero-order valence-corrected chi connectivity index (χ0v) is 11.4. The molecule has 0 atom stereocenters. The van der Waals surface area contributed by atoms with Gasteiger partial charge < -0.3 is 15.5 Å². The zero-order chi connectivity index (χ0) is 15.7. The number of H-pyrrole nitrogens is 1. The van der Waals surface area contributed by atoms with Crippen molar-refractivity contribution in [2.24, 2.45) is 0 Å². The number of aromatic nitrogens is 1. The Morgan fingerprint density at radius 1 is 1.05 bits per heavy atom. The molecule has 114 valence electrons. The Balaban J connectivity index is 1.72. The lowest BCUT2D eigenvalue weighted by molar-refractivity contribution is -0.137. The SMILES string of the molecule is Nc1cccc2[nH]c(COc3ccc(C(F)(F)F)cc3)cc12. The predicted molar refractivity (Wildman–Crippen MR) is 78.5 cm³/mol. The zero-order valence-electron chi connectivity index (χ0n) is 11.4. The smallest absolute Gasteiger partial charge is 0.416 e. The fourth-order valence-corrected chi connectivity index (χ4v) is 2.22. The van der Waals surface area contributed by atoms with Crippen LogP contribution in [0.3, 0.4) is 0 Å². The molecular weight excluding hydrogens is 293 g/mol. The van der Waals surface area contributed by atoms with E-state index in [0.29, 0.717) is 11.4 Å². The summed E-state index contributed by atoms with van der Waals surface area (Å²) >= 11 is 0. The van der Waals surface area contributed by atoms with Gasteiger partial charge in [-0.1, -0.05) is 6.07 Å². The van der Waals surface area contributed by atoms with E-state index in [9.17, 15) is 13.2 Å². The van der Waals surface area contributed by atoms with Crippen LogP contribution in [0.25, 0.3) is 10.9 Å². The van der Waals surface area contributed by atoms with Crippen molar-refractivity contribution in [1.82, 2.24) is 4.98 Å². The van der Waals surface area contributed by atoms with Gasteiger partial charge in [-0.15, -0.1) is 0 Å². The Bertz CT molecular complexity index is 791. The van der Waals surface area contributed by atoms with Crippen LogP contribution in [-0.2, 0) is 12.8 Å². The summed E-state index contributed by atoms with van der Waals surface area (Å²) in [6.45, 7) is 0.222. The van der Waals surface area contributed by atoms with Gasteiger partial charge in [0.15, 0.2) is 0 Å². The normalized spacial score (nSPS) is 11.8. The van der Waals surface area contributed by atoms with E-state index in [1.165, 1.54) is 12.1 Å². The molecule has 22 heavy (non-hydrogen) atoms. The van der Waals surface area contributed by atoms with Crippen LogP contribution in [0.4, 0.5) is 18.9 Å². The summed E-state index contributed by atoms with van der Waals surface area (Å²) in [6, 6.07) is 12.0. The Kier molecular flexibility index (Phi) is 3.44. The average molecular weight is 306 g/mol. The third-order valence-electron chi connectivity index (χ3n) is 3.33. The summed E-state index contributed by atoms with van der Waals surface area (Å²) in [6.07, 6.45) is -4.34. The minimum absolute atomic E-state index is 0.222. The highest BCUT2D eigenvalue weighted by molar-refractivity contribution is 5.91. The van der Waals surface area contributed by atoms with Crippen molar-refractivity contribution in [3.8, 4) is 5.75 Å². The van der Waals surface area contributed by atoms with E-state index in [2.05, 4.69) is 4.98 Å². The Labute approximate surface area is 124 Å². The highest BCUT2D eigenvalue weighted by atomic mass is 19.4. The number of nitrogen functional groups attached to an aromatic ring is 1. The number of rotatable bonds is 3. The molecule has 1 aromatic heterocycles. The number of hydrogen-bond acceptors (Lipinski definition) is 2.